The van der Waals surface area contributed by atoms with E-state index >= 15 is 0 Å². The molecule has 0 atom stereocenters. The van der Waals surface area contributed by atoms with Crippen molar-refractivity contribution < 1.29 is 14.3 Å². The van der Waals surface area contributed by atoms with E-state index in [0.717, 1.165) is 50.9 Å². The van der Waals surface area contributed by atoms with Crippen LogP contribution in [0.3, 0.4) is 0 Å². The second kappa shape index (κ2) is 10.5. The summed E-state index contributed by atoms with van der Waals surface area (Å²) in [5.74, 6) is 0.679. The first-order valence-electron chi connectivity index (χ1n) is 12.0. The summed E-state index contributed by atoms with van der Waals surface area (Å²) in [7, 11) is 0. The summed E-state index contributed by atoms with van der Waals surface area (Å²) >= 11 is 1.20. The van der Waals surface area contributed by atoms with Gasteiger partial charge in [0.05, 0.1) is 6.61 Å². The van der Waals surface area contributed by atoms with Crippen molar-refractivity contribution in [3.05, 3.63) is 59.1 Å². The molecular weight excluding hydrogens is 462 g/mol. The summed E-state index contributed by atoms with van der Waals surface area (Å²) in [5.41, 5.74) is 7.70. The molecule has 3 N–H and O–H groups in total. The Hall–Kier alpha value is -3.30. The van der Waals surface area contributed by atoms with Gasteiger partial charge in [-0.15, -0.1) is 11.3 Å². The zero-order chi connectivity index (χ0) is 24.2. The molecule has 1 saturated carbocycles. The first-order valence-corrected chi connectivity index (χ1v) is 12.8. The summed E-state index contributed by atoms with van der Waals surface area (Å²) in [5, 5.41) is 3.45. The minimum absolute atomic E-state index is 0.00884. The summed E-state index contributed by atoms with van der Waals surface area (Å²) in [6.45, 7) is 3.49. The van der Waals surface area contributed by atoms with Gasteiger partial charge in [-0.05, 0) is 62.4 Å². The normalized spacial score (nSPS) is 16.7. The Morgan fingerprint density at radius 1 is 1.11 bits per heavy atom. The molecule has 5 rings (SSSR count). The number of aromatic nitrogens is 2. The lowest BCUT2D eigenvalue weighted by atomic mass is 9.97. The number of hydrogen-bond donors (Lipinski definition) is 2. The van der Waals surface area contributed by atoms with Gasteiger partial charge in [0.15, 0.2) is 4.88 Å². The number of pyridine rings is 1. The van der Waals surface area contributed by atoms with Gasteiger partial charge in [-0.1, -0.05) is 30.3 Å². The number of amides is 2. The quantitative estimate of drug-likeness (QED) is 0.469. The molecule has 182 valence electrons. The third-order valence-electron chi connectivity index (χ3n) is 6.44. The Kier molecular flexibility index (Phi) is 7.06. The minimum Gasteiger partial charge on any atom is -0.476 e. The van der Waals surface area contributed by atoms with Crippen LogP contribution < -0.4 is 15.8 Å². The van der Waals surface area contributed by atoms with Crippen LogP contribution in [0, 0.1) is 11.8 Å². The van der Waals surface area contributed by atoms with Crippen LogP contribution in [-0.2, 0) is 11.3 Å². The van der Waals surface area contributed by atoms with E-state index in [4.69, 9.17) is 10.5 Å². The maximum absolute atomic E-state index is 12.1. The van der Waals surface area contributed by atoms with Crippen molar-refractivity contribution >= 4 is 29.0 Å². The van der Waals surface area contributed by atoms with Crippen molar-refractivity contribution in [2.75, 3.05) is 25.0 Å². The van der Waals surface area contributed by atoms with Crippen LogP contribution in [0.1, 0.15) is 40.9 Å². The van der Waals surface area contributed by atoms with Gasteiger partial charge in [-0.25, -0.2) is 9.97 Å². The number of anilines is 1. The monoisotopic (exact) mass is 491 g/mol. The standard InChI is InChI=1S/C26H29N5O3S/c27-23(32)22-25(34-16-18-9-12-31(13-10-18)15-17-4-2-1-3-5-17)30-26(35-22)20-8-11-28-21(14-20)29-24(33)19-6-7-19/h1-5,8,11,14,18-19H,6-7,9-10,12-13,15-16H2,(H2,27,32)(H,28,29,33). The van der Waals surface area contributed by atoms with Gasteiger partial charge >= 0.3 is 0 Å². The third-order valence-corrected chi connectivity index (χ3v) is 7.54. The fourth-order valence-electron chi connectivity index (χ4n) is 4.24. The number of nitrogens with zero attached hydrogens (tertiary/aromatic N) is 3. The van der Waals surface area contributed by atoms with Crippen LogP contribution in [-0.4, -0.2) is 46.4 Å². The Bertz CT molecular complexity index is 1190. The molecule has 35 heavy (non-hydrogen) atoms. The SMILES string of the molecule is NC(=O)c1sc(-c2ccnc(NC(=O)C3CC3)c2)nc1OCC1CCN(Cc2ccccc2)CC1. The average Bonchev–Trinajstić information content (AvgIpc) is 3.63. The first kappa shape index (κ1) is 23.4. The van der Waals surface area contributed by atoms with E-state index in [1.807, 2.05) is 6.07 Å². The molecule has 1 saturated heterocycles. The smallest absolute Gasteiger partial charge is 0.264 e. The van der Waals surface area contributed by atoms with Crippen molar-refractivity contribution in [2.24, 2.45) is 17.6 Å². The van der Waals surface area contributed by atoms with Gasteiger partial charge in [0.2, 0.25) is 11.8 Å². The molecule has 9 heteroatoms. The van der Waals surface area contributed by atoms with E-state index in [-0.39, 0.29) is 17.7 Å². The van der Waals surface area contributed by atoms with Crippen molar-refractivity contribution in [3.63, 3.8) is 0 Å². The van der Waals surface area contributed by atoms with Gasteiger partial charge in [0.25, 0.3) is 5.91 Å². The second-order valence-electron chi connectivity index (χ2n) is 9.23. The zero-order valence-electron chi connectivity index (χ0n) is 19.5. The number of piperidine rings is 1. The molecule has 0 spiro atoms. The van der Waals surface area contributed by atoms with E-state index in [0.29, 0.717) is 28.2 Å². The molecule has 2 amide bonds. The lowest BCUT2D eigenvalue weighted by molar-refractivity contribution is -0.117. The second-order valence-corrected chi connectivity index (χ2v) is 10.2. The highest BCUT2D eigenvalue weighted by atomic mass is 32.1. The molecule has 2 fully saturated rings. The van der Waals surface area contributed by atoms with Gasteiger partial charge in [-0.3, -0.25) is 14.5 Å². The van der Waals surface area contributed by atoms with Crippen LogP contribution in [0.25, 0.3) is 10.6 Å². The van der Waals surface area contributed by atoms with E-state index in [1.165, 1.54) is 16.9 Å². The molecular formula is C26H29N5O3S. The molecule has 2 aromatic heterocycles. The number of benzene rings is 1. The molecule has 1 aromatic carbocycles. The Morgan fingerprint density at radius 3 is 2.60 bits per heavy atom. The minimum atomic E-state index is -0.558. The van der Waals surface area contributed by atoms with E-state index in [1.54, 1.807) is 18.3 Å². The number of primary amides is 1. The summed E-state index contributed by atoms with van der Waals surface area (Å²) < 4.78 is 6.02. The van der Waals surface area contributed by atoms with Crippen LogP contribution in [0.15, 0.2) is 48.7 Å². The molecule has 3 aromatic rings. The Labute approximate surface area is 208 Å². The van der Waals surface area contributed by atoms with Crippen LogP contribution in [0.5, 0.6) is 5.88 Å². The lowest BCUT2D eigenvalue weighted by Gasteiger charge is -2.31. The first-order chi connectivity index (χ1) is 17.0. The van der Waals surface area contributed by atoms with Crippen molar-refractivity contribution in [1.82, 2.24) is 14.9 Å². The highest BCUT2D eigenvalue weighted by Gasteiger charge is 2.30. The summed E-state index contributed by atoms with van der Waals surface area (Å²) in [6, 6.07) is 14.1. The molecule has 3 heterocycles. The topological polar surface area (TPSA) is 110 Å². The maximum Gasteiger partial charge on any atom is 0.264 e. The Balaban J connectivity index is 1.20. The number of hydrogen-bond acceptors (Lipinski definition) is 7. The molecule has 1 aliphatic carbocycles. The largest absolute Gasteiger partial charge is 0.476 e. The lowest BCUT2D eigenvalue weighted by Crippen LogP contribution is -2.35. The summed E-state index contributed by atoms with van der Waals surface area (Å²) in [4.78, 5) is 35.7. The highest BCUT2D eigenvalue weighted by molar-refractivity contribution is 7.17. The number of nitrogens with two attached hydrogens (primary N) is 1. The molecule has 8 nitrogen and oxygen atoms in total. The number of carbonyl (C=O) groups is 2. The van der Waals surface area contributed by atoms with E-state index in [2.05, 4.69) is 44.5 Å². The molecule has 0 unspecified atom stereocenters. The van der Waals surface area contributed by atoms with Crippen molar-refractivity contribution in [1.29, 1.82) is 0 Å². The molecule has 2 aliphatic rings. The van der Waals surface area contributed by atoms with E-state index < -0.39 is 5.91 Å². The van der Waals surface area contributed by atoms with Gasteiger partial charge in [0, 0.05) is 24.2 Å². The fourth-order valence-corrected chi connectivity index (χ4v) is 5.10. The zero-order valence-corrected chi connectivity index (χ0v) is 20.3. The number of thiazole rings is 1. The predicted octanol–water partition coefficient (Wildman–Crippen LogP) is 3.94. The number of nitrogens with one attached hydrogen (secondary N) is 1. The van der Waals surface area contributed by atoms with Crippen LogP contribution >= 0.6 is 11.3 Å². The highest BCUT2D eigenvalue weighted by Crippen LogP contribution is 2.34. The predicted molar refractivity (Wildman–Crippen MR) is 135 cm³/mol. The maximum atomic E-state index is 12.1. The van der Waals surface area contributed by atoms with Gasteiger partial charge < -0.3 is 15.8 Å². The number of likely N-dealkylation sites (tertiary alicyclic amines) is 1. The van der Waals surface area contributed by atoms with Crippen LogP contribution in [0.4, 0.5) is 5.82 Å². The van der Waals surface area contributed by atoms with Crippen molar-refractivity contribution in [2.45, 2.75) is 32.2 Å². The van der Waals surface area contributed by atoms with Gasteiger partial charge in [-0.2, -0.15) is 0 Å². The van der Waals surface area contributed by atoms with Crippen LogP contribution in [0.2, 0.25) is 0 Å². The van der Waals surface area contributed by atoms with Crippen molar-refractivity contribution in [3.8, 4) is 16.5 Å². The number of ether oxygens (including phenoxy) is 1. The Morgan fingerprint density at radius 2 is 1.89 bits per heavy atom. The molecule has 0 bridgehead atoms. The molecule has 0 radical (unpaired) electrons. The fraction of sp³-hybridized carbons (Fsp3) is 0.385. The van der Waals surface area contributed by atoms with Gasteiger partial charge in [0.1, 0.15) is 10.8 Å². The third kappa shape index (κ3) is 6.04. The molecule has 1 aliphatic heterocycles. The number of rotatable bonds is 9. The van der Waals surface area contributed by atoms with E-state index in [9.17, 15) is 9.59 Å². The average molecular weight is 492 g/mol. The summed E-state index contributed by atoms with van der Waals surface area (Å²) in [6.07, 6.45) is 5.53. The number of carbonyl (C=O) groups excluding carboxylic acids is 2.